The fourth-order valence-electron chi connectivity index (χ4n) is 2.93. The van der Waals surface area contributed by atoms with Crippen LogP contribution >= 0.6 is 0 Å². The summed E-state index contributed by atoms with van der Waals surface area (Å²) in [7, 11) is 0. The van der Waals surface area contributed by atoms with Crippen LogP contribution in [0, 0.1) is 5.92 Å². The summed E-state index contributed by atoms with van der Waals surface area (Å²) in [4.78, 5) is 27.1. The first kappa shape index (κ1) is 18.0. The second-order valence-corrected chi connectivity index (χ2v) is 6.39. The Morgan fingerprint density at radius 2 is 1.76 bits per heavy atom. The summed E-state index contributed by atoms with van der Waals surface area (Å²) < 4.78 is 5.57. The van der Waals surface area contributed by atoms with E-state index in [2.05, 4.69) is 5.32 Å². The van der Waals surface area contributed by atoms with Gasteiger partial charge in [0.1, 0.15) is 11.6 Å². The van der Waals surface area contributed by atoms with Crippen molar-refractivity contribution in [2.75, 3.05) is 13.2 Å². The number of rotatable bonds is 7. The molecule has 5 nitrogen and oxygen atoms in total. The van der Waals surface area contributed by atoms with Gasteiger partial charge in [-0.15, -0.1) is 0 Å². The van der Waals surface area contributed by atoms with E-state index in [1.165, 1.54) is 0 Å². The van der Waals surface area contributed by atoms with Crippen LogP contribution in [0.15, 0.2) is 0 Å². The van der Waals surface area contributed by atoms with Crippen LogP contribution in [0.3, 0.4) is 0 Å². The maximum absolute atomic E-state index is 12.9. The highest BCUT2D eigenvalue weighted by Gasteiger charge is 2.49. The molecular formula is C16H30N2O3. The molecule has 122 valence electrons. The molecule has 1 heterocycles. The molecule has 1 aliphatic rings. The number of nitrogens with one attached hydrogen (secondary N) is 1. The molecule has 0 spiro atoms. The Morgan fingerprint density at radius 1 is 1.19 bits per heavy atom. The van der Waals surface area contributed by atoms with Crippen molar-refractivity contribution in [3.05, 3.63) is 0 Å². The third-order valence-corrected chi connectivity index (χ3v) is 4.26. The molecule has 1 aliphatic heterocycles. The summed E-state index contributed by atoms with van der Waals surface area (Å²) in [5, 5.41) is 2.97. The predicted octanol–water partition coefficient (Wildman–Crippen LogP) is 1.95. The van der Waals surface area contributed by atoms with Crippen molar-refractivity contribution in [3.8, 4) is 0 Å². The van der Waals surface area contributed by atoms with Gasteiger partial charge in [-0.25, -0.2) is 0 Å². The van der Waals surface area contributed by atoms with Gasteiger partial charge in [0.25, 0.3) is 0 Å². The first-order valence-electron chi connectivity index (χ1n) is 8.03. The number of ether oxygens (including phenoxy) is 1. The van der Waals surface area contributed by atoms with Gasteiger partial charge in [0.15, 0.2) is 0 Å². The van der Waals surface area contributed by atoms with Gasteiger partial charge in [-0.1, -0.05) is 27.7 Å². The van der Waals surface area contributed by atoms with Crippen LogP contribution in [-0.4, -0.2) is 47.6 Å². The summed E-state index contributed by atoms with van der Waals surface area (Å²) in [6, 6.07) is -0.403. The molecule has 1 saturated heterocycles. The standard InChI is InChI=1S/C16H30N2O3/c1-7-16(8-2)15(20)18(9-10-21-12(5)6)13(11(3)4)14(19)17-16/h11-13H,7-10H2,1-6H3,(H,17,19). The molecule has 0 bridgehead atoms. The number of piperazine rings is 1. The number of nitrogens with zero attached hydrogens (tertiary/aromatic N) is 1. The van der Waals surface area contributed by atoms with Gasteiger partial charge < -0.3 is 15.0 Å². The Hall–Kier alpha value is -1.10. The first-order valence-corrected chi connectivity index (χ1v) is 8.03. The molecule has 21 heavy (non-hydrogen) atoms. The molecule has 2 amide bonds. The highest BCUT2D eigenvalue weighted by molar-refractivity contribution is 5.99. The van der Waals surface area contributed by atoms with Crippen LogP contribution in [-0.2, 0) is 14.3 Å². The van der Waals surface area contributed by atoms with Crippen LogP contribution in [0.25, 0.3) is 0 Å². The summed E-state index contributed by atoms with van der Waals surface area (Å²) in [5.74, 6) is 0.0655. The largest absolute Gasteiger partial charge is 0.377 e. The maximum Gasteiger partial charge on any atom is 0.249 e. The van der Waals surface area contributed by atoms with E-state index >= 15 is 0 Å². The lowest BCUT2D eigenvalue weighted by Gasteiger charge is -2.46. The van der Waals surface area contributed by atoms with E-state index in [9.17, 15) is 9.59 Å². The van der Waals surface area contributed by atoms with Crippen molar-refractivity contribution < 1.29 is 14.3 Å². The minimum Gasteiger partial charge on any atom is -0.377 e. The van der Waals surface area contributed by atoms with Crippen molar-refractivity contribution in [1.29, 1.82) is 0 Å². The number of amides is 2. The zero-order valence-corrected chi connectivity index (χ0v) is 14.2. The summed E-state index contributed by atoms with van der Waals surface area (Å²) in [6.07, 6.45) is 1.35. The monoisotopic (exact) mass is 298 g/mol. The van der Waals surface area contributed by atoms with Crippen LogP contribution in [0.2, 0.25) is 0 Å². The van der Waals surface area contributed by atoms with E-state index < -0.39 is 11.6 Å². The second kappa shape index (κ2) is 7.25. The maximum atomic E-state index is 12.9. The van der Waals surface area contributed by atoms with E-state index in [0.717, 1.165) is 0 Å². The first-order chi connectivity index (χ1) is 9.79. The quantitative estimate of drug-likeness (QED) is 0.781. The lowest BCUT2D eigenvalue weighted by molar-refractivity contribution is -0.158. The van der Waals surface area contributed by atoms with E-state index in [1.807, 2.05) is 41.5 Å². The molecular weight excluding hydrogens is 268 g/mol. The van der Waals surface area contributed by atoms with Gasteiger partial charge in [0, 0.05) is 6.54 Å². The van der Waals surface area contributed by atoms with Gasteiger partial charge in [-0.3, -0.25) is 9.59 Å². The van der Waals surface area contributed by atoms with Gasteiger partial charge >= 0.3 is 0 Å². The smallest absolute Gasteiger partial charge is 0.249 e. The molecule has 0 aromatic heterocycles. The second-order valence-electron chi connectivity index (χ2n) is 6.39. The Kier molecular flexibility index (Phi) is 6.20. The van der Waals surface area contributed by atoms with Crippen molar-refractivity contribution in [1.82, 2.24) is 10.2 Å². The van der Waals surface area contributed by atoms with Crippen molar-refractivity contribution in [2.24, 2.45) is 5.92 Å². The van der Waals surface area contributed by atoms with Crippen molar-refractivity contribution in [2.45, 2.75) is 72.1 Å². The Bertz CT molecular complexity index is 376. The number of carbonyl (C=O) groups excluding carboxylic acids is 2. The summed E-state index contributed by atoms with van der Waals surface area (Å²) >= 11 is 0. The third kappa shape index (κ3) is 3.76. The van der Waals surface area contributed by atoms with E-state index in [4.69, 9.17) is 4.74 Å². The molecule has 0 aliphatic carbocycles. The summed E-state index contributed by atoms with van der Waals surface area (Å²) in [6.45, 7) is 12.7. The van der Waals surface area contributed by atoms with E-state index in [0.29, 0.717) is 26.0 Å². The fourth-order valence-corrected chi connectivity index (χ4v) is 2.93. The molecule has 0 aromatic rings. The molecule has 1 rings (SSSR count). The highest BCUT2D eigenvalue weighted by Crippen LogP contribution is 2.27. The molecule has 0 saturated carbocycles. The van der Waals surface area contributed by atoms with Crippen LogP contribution < -0.4 is 5.32 Å². The number of hydrogen-bond acceptors (Lipinski definition) is 3. The Balaban J connectivity index is 2.98. The lowest BCUT2D eigenvalue weighted by Crippen LogP contribution is -2.71. The summed E-state index contributed by atoms with van der Waals surface area (Å²) in [5.41, 5.74) is -0.750. The SMILES string of the molecule is CCC1(CC)NC(=O)C(C(C)C)N(CCOC(C)C)C1=O. The predicted molar refractivity (Wildman–Crippen MR) is 82.9 cm³/mol. The number of carbonyl (C=O) groups is 2. The van der Waals surface area contributed by atoms with Crippen molar-refractivity contribution in [3.63, 3.8) is 0 Å². The highest BCUT2D eigenvalue weighted by atomic mass is 16.5. The van der Waals surface area contributed by atoms with Gasteiger partial charge in [0.2, 0.25) is 11.8 Å². The average Bonchev–Trinajstić information content (AvgIpc) is 2.41. The van der Waals surface area contributed by atoms with Gasteiger partial charge in [-0.05, 0) is 32.6 Å². The van der Waals surface area contributed by atoms with Gasteiger partial charge in [0.05, 0.1) is 12.7 Å². The minimum atomic E-state index is -0.750. The van der Waals surface area contributed by atoms with E-state index in [-0.39, 0.29) is 23.8 Å². The van der Waals surface area contributed by atoms with Crippen LogP contribution in [0.1, 0.15) is 54.4 Å². The zero-order chi connectivity index (χ0) is 16.2. The lowest BCUT2D eigenvalue weighted by atomic mass is 9.85. The third-order valence-electron chi connectivity index (χ3n) is 4.26. The Morgan fingerprint density at radius 3 is 2.19 bits per heavy atom. The molecule has 0 radical (unpaired) electrons. The number of hydrogen-bond donors (Lipinski definition) is 1. The molecule has 1 fully saturated rings. The topological polar surface area (TPSA) is 58.6 Å². The van der Waals surface area contributed by atoms with Crippen molar-refractivity contribution >= 4 is 11.8 Å². The Labute approximate surface area is 128 Å². The minimum absolute atomic E-state index is 0.0261. The van der Waals surface area contributed by atoms with Gasteiger partial charge in [-0.2, -0.15) is 0 Å². The average molecular weight is 298 g/mol. The molecule has 1 atom stereocenters. The van der Waals surface area contributed by atoms with E-state index in [1.54, 1.807) is 4.90 Å². The van der Waals surface area contributed by atoms with Crippen LogP contribution in [0.4, 0.5) is 0 Å². The molecule has 0 aromatic carbocycles. The van der Waals surface area contributed by atoms with Crippen LogP contribution in [0.5, 0.6) is 0 Å². The molecule has 5 heteroatoms. The fraction of sp³-hybridized carbons (Fsp3) is 0.875. The normalized spacial score (nSPS) is 22.1. The molecule has 1 N–H and O–H groups in total. The molecule has 1 unspecified atom stereocenters. The zero-order valence-electron chi connectivity index (χ0n) is 14.2.